The molecule has 0 spiro atoms. The predicted octanol–water partition coefficient (Wildman–Crippen LogP) is 2.82. The second kappa shape index (κ2) is 10.4. The predicted molar refractivity (Wildman–Crippen MR) is 99.1 cm³/mol. The monoisotopic (exact) mass is 361 g/mol. The zero-order chi connectivity index (χ0) is 18.8. The zero-order valence-electron chi connectivity index (χ0n) is 15.2. The van der Waals surface area contributed by atoms with Crippen molar-refractivity contribution in [3.8, 4) is 0 Å². The minimum absolute atomic E-state index is 0.134. The number of amides is 3. The Labute approximate surface area is 153 Å². The molecular weight excluding hydrogens is 334 g/mol. The summed E-state index contributed by atoms with van der Waals surface area (Å²) in [6.07, 6.45) is 6.56. The Morgan fingerprint density at radius 2 is 1.77 bits per heavy atom. The SMILES string of the molecule is COC(=O)c1ccc(NC(=O)CCCNC(=O)NC2CCCCC2)cc1. The van der Waals surface area contributed by atoms with Crippen molar-refractivity contribution in [3.63, 3.8) is 0 Å². The number of esters is 1. The number of carbonyl (C=O) groups excluding carboxylic acids is 3. The molecule has 0 saturated heterocycles. The van der Waals surface area contributed by atoms with E-state index in [2.05, 4.69) is 20.7 Å². The van der Waals surface area contributed by atoms with Crippen LogP contribution in [-0.4, -0.2) is 37.6 Å². The lowest BCUT2D eigenvalue weighted by Gasteiger charge is -2.22. The fourth-order valence-corrected chi connectivity index (χ4v) is 2.97. The maximum absolute atomic E-state index is 11.9. The average Bonchev–Trinajstić information content (AvgIpc) is 2.66. The number of urea groups is 1. The van der Waals surface area contributed by atoms with Crippen molar-refractivity contribution in [3.05, 3.63) is 29.8 Å². The summed E-state index contributed by atoms with van der Waals surface area (Å²) in [6, 6.07) is 6.62. The van der Waals surface area contributed by atoms with E-state index >= 15 is 0 Å². The van der Waals surface area contributed by atoms with Gasteiger partial charge in [-0.25, -0.2) is 9.59 Å². The Balaban J connectivity index is 1.61. The number of carbonyl (C=O) groups is 3. The maximum atomic E-state index is 11.9. The summed E-state index contributed by atoms with van der Waals surface area (Å²) in [5.41, 5.74) is 1.05. The van der Waals surface area contributed by atoms with Crippen molar-refractivity contribution in [2.24, 2.45) is 0 Å². The van der Waals surface area contributed by atoms with Gasteiger partial charge in [0.1, 0.15) is 0 Å². The Kier molecular flexibility index (Phi) is 7.92. The maximum Gasteiger partial charge on any atom is 0.337 e. The number of anilines is 1. The first-order chi connectivity index (χ1) is 12.6. The lowest BCUT2D eigenvalue weighted by atomic mass is 9.96. The molecule has 7 nitrogen and oxygen atoms in total. The van der Waals surface area contributed by atoms with Gasteiger partial charge in [-0.3, -0.25) is 4.79 Å². The van der Waals surface area contributed by atoms with E-state index in [0.717, 1.165) is 12.8 Å². The molecule has 7 heteroatoms. The molecule has 0 unspecified atom stereocenters. The first-order valence-electron chi connectivity index (χ1n) is 9.11. The molecule has 1 aliphatic rings. The van der Waals surface area contributed by atoms with E-state index in [-0.39, 0.29) is 18.0 Å². The lowest BCUT2D eigenvalue weighted by molar-refractivity contribution is -0.116. The Hall–Kier alpha value is -2.57. The topological polar surface area (TPSA) is 96.5 Å². The summed E-state index contributed by atoms with van der Waals surface area (Å²) in [5.74, 6) is -0.550. The molecule has 0 heterocycles. The minimum atomic E-state index is -0.416. The standard InChI is InChI=1S/C19H27N3O4/c1-26-18(24)14-9-11-16(12-10-14)21-17(23)8-5-13-20-19(25)22-15-6-3-2-4-7-15/h9-12,15H,2-8,13H2,1H3,(H,21,23)(H2,20,22,25). The van der Waals surface area contributed by atoms with Crippen LogP contribution >= 0.6 is 0 Å². The van der Waals surface area contributed by atoms with Crippen LogP contribution < -0.4 is 16.0 Å². The molecule has 0 atom stereocenters. The van der Waals surface area contributed by atoms with E-state index in [1.54, 1.807) is 24.3 Å². The van der Waals surface area contributed by atoms with Gasteiger partial charge in [-0.1, -0.05) is 19.3 Å². The summed E-state index contributed by atoms with van der Waals surface area (Å²) >= 11 is 0. The van der Waals surface area contributed by atoms with Crippen molar-refractivity contribution in [2.45, 2.75) is 51.0 Å². The van der Waals surface area contributed by atoms with Gasteiger partial charge in [-0.15, -0.1) is 0 Å². The van der Waals surface area contributed by atoms with Crippen LogP contribution in [0, 0.1) is 0 Å². The third kappa shape index (κ3) is 6.74. The van der Waals surface area contributed by atoms with Crippen molar-refractivity contribution >= 4 is 23.6 Å². The highest BCUT2D eigenvalue weighted by Crippen LogP contribution is 2.17. The van der Waals surface area contributed by atoms with Crippen LogP contribution in [0.2, 0.25) is 0 Å². The molecule has 1 aromatic rings. The number of hydrogen-bond acceptors (Lipinski definition) is 4. The summed E-state index contributed by atoms with van der Waals surface area (Å²) in [5, 5.41) is 8.53. The number of methoxy groups -OCH3 is 1. The summed E-state index contributed by atoms with van der Waals surface area (Å²) < 4.78 is 4.62. The Bertz CT molecular complexity index is 610. The molecule has 1 aromatic carbocycles. The molecule has 1 fully saturated rings. The summed E-state index contributed by atoms with van der Waals surface area (Å²) in [7, 11) is 1.32. The van der Waals surface area contributed by atoms with Crippen molar-refractivity contribution in [1.82, 2.24) is 10.6 Å². The summed E-state index contributed by atoms with van der Waals surface area (Å²) in [6.45, 7) is 0.452. The van der Waals surface area contributed by atoms with E-state index < -0.39 is 5.97 Å². The lowest BCUT2D eigenvalue weighted by Crippen LogP contribution is -2.43. The average molecular weight is 361 g/mol. The van der Waals surface area contributed by atoms with Gasteiger partial charge in [0.05, 0.1) is 12.7 Å². The smallest absolute Gasteiger partial charge is 0.337 e. The molecule has 0 aromatic heterocycles. The third-order valence-corrected chi connectivity index (χ3v) is 4.40. The number of hydrogen-bond donors (Lipinski definition) is 3. The van der Waals surface area contributed by atoms with E-state index in [1.165, 1.54) is 26.4 Å². The highest BCUT2D eigenvalue weighted by molar-refractivity contribution is 5.93. The fourth-order valence-electron chi connectivity index (χ4n) is 2.97. The van der Waals surface area contributed by atoms with Crippen LogP contribution in [-0.2, 0) is 9.53 Å². The molecule has 142 valence electrons. The molecule has 0 aliphatic heterocycles. The molecule has 2 rings (SSSR count). The molecule has 1 aliphatic carbocycles. The van der Waals surface area contributed by atoms with E-state index in [4.69, 9.17) is 0 Å². The molecule has 3 amide bonds. The van der Waals surface area contributed by atoms with E-state index in [9.17, 15) is 14.4 Å². The second-order valence-corrected chi connectivity index (χ2v) is 6.46. The highest BCUT2D eigenvalue weighted by Gasteiger charge is 2.15. The van der Waals surface area contributed by atoms with E-state index in [0.29, 0.717) is 30.6 Å². The number of nitrogens with one attached hydrogen (secondary N) is 3. The molecule has 0 bridgehead atoms. The third-order valence-electron chi connectivity index (χ3n) is 4.40. The van der Waals surface area contributed by atoms with Gasteiger partial charge in [0.15, 0.2) is 0 Å². The van der Waals surface area contributed by atoms with Gasteiger partial charge in [0.2, 0.25) is 5.91 Å². The molecular formula is C19H27N3O4. The molecule has 3 N–H and O–H groups in total. The minimum Gasteiger partial charge on any atom is -0.465 e. The quantitative estimate of drug-likeness (QED) is 0.514. The second-order valence-electron chi connectivity index (χ2n) is 6.46. The fraction of sp³-hybridized carbons (Fsp3) is 0.526. The molecule has 1 saturated carbocycles. The van der Waals surface area contributed by atoms with Crippen LogP contribution in [0.5, 0.6) is 0 Å². The van der Waals surface area contributed by atoms with Gasteiger partial charge >= 0.3 is 12.0 Å². The van der Waals surface area contributed by atoms with Gasteiger partial charge in [0.25, 0.3) is 0 Å². The first kappa shape index (κ1) is 19.8. The van der Waals surface area contributed by atoms with Crippen molar-refractivity contribution < 1.29 is 19.1 Å². The number of benzene rings is 1. The number of ether oxygens (including phenoxy) is 1. The van der Waals surface area contributed by atoms with Crippen LogP contribution in [0.4, 0.5) is 10.5 Å². The van der Waals surface area contributed by atoms with Crippen LogP contribution in [0.25, 0.3) is 0 Å². The largest absolute Gasteiger partial charge is 0.465 e. The van der Waals surface area contributed by atoms with Gasteiger partial charge in [0, 0.05) is 24.7 Å². The van der Waals surface area contributed by atoms with E-state index in [1.807, 2.05) is 0 Å². The van der Waals surface area contributed by atoms with Crippen molar-refractivity contribution in [1.29, 1.82) is 0 Å². The molecule has 26 heavy (non-hydrogen) atoms. The van der Waals surface area contributed by atoms with Crippen LogP contribution in [0.3, 0.4) is 0 Å². The van der Waals surface area contributed by atoms with Crippen molar-refractivity contribution in [2.75, 3.05) is 19.0 Å². The van der Waals surface area contributed by atoms with Gasteiger partial charge in [-0.05, 0) is 43.5 Å². The number of rotatable bonds is 7. The van der Waals surface area contributed by atoms with Crippen LogP contribution in [0.1, 0.15) is 55.3 Å². The highest BCUT2D eigenvalue weighted by atomic mass is 16.5. The Morgan fingerprint density at radius 3 is 2.42 bits per heavy atom. The van der Waals surface area contributed by atoms with Gasteiger partial charge < -0.3 is 20.7 Å². The zero-order valence-corrected chi connectivity index (χ0v) is 15.2. The molecule has 0 radical (unpaired) electrons. The Morgan fingerprint density at radius 1 is 1.08 bits per heavy atom. The summed E-state index contributed by atoms with van der Waals surface area (Å²) in [4.78, 5) is 35.1. The first-order valence-corrected chi connectivity index (χ1v) is 9.11. The van der Waals surface area contributed by atoms with Crippen LogP contribution in [0.15, 0.2) is 24.3 Å². The van der Waals surface area contributed by atoms with Gasteiger partial charge in [-0.2, -0.15) is 0 Å². The normalized spacial score (nSPS) is 14.3.